The number of thiophene rings is 1. The zero-order valence-corrected chi connectivity index (χ0v) is 16.9. The summed E-state index contributed by atoms with van der Waals surface area (Å²) in [4.78, 5) is 3.87. The number of hydrogen-bond donors (Lipinski definition) is 0. The summed E-state index contributed by atoms with van der Waals surface area (Å²) in [5.41, 5.74) is 1.13. The van der Waals surface area contributed by atoms with Crippen LogP contribution < -0.4 is 4.90 Å². The van der Waals surface area contributed by atoms with Crippen LogP contribution in [0.4, 0.5) is 23.2 Å². The van der Waals surface area contributed by atoms with Gasteiger partial charge in [-0.2, -0.15) is 13.2 Å². The van der Waals surface area contributed by atoms with Crippen molar-refractivity contribution in [1.82, 2.24) is 4.90 Å². The Bertz CT molecular complexity index is 761. The van der Waals surface area contributed by atoms with Crippen molar-refractivity contribution in [2.45, 2.75) is 31.2 Å². The molecule has 2 heterocycles. The predicted molar refractivity (Wildman–Crippen MR) is 104 cm³/mol. The Balaban J connectivity index is 1.98. The second-order valence-corrected chi connectivity index (χ2v) is 9.38. The third-order valence-corrected chi connectivity index (χ3v) is 7.08. The molecule has 0 unspecified atom stereocenters. The monoisotopic (exact) mass is 486 g/mol. The minimum absolute atomic E-state index is 0.257. The Hall–Kier alpha value is -0.610. The lowest BCUT2D eigenvalue weighted by molar-refractivity contribution is -0.127. The van der Waals surface area contributed by atoms with Gasteiger partial charge in [-0.05, 0) is 53.1 Å². The van der Waals surface area contributed by atoms with Crippen LogP contribution in [0.5, 0.6) is 0 Å². The molecule has 0 amide bonds. The number of rotatable bonds is 3. The van der Waals surface area contributed by atoms with Gasteiger partial charge in [0, 0.05) is 20.1 Å². The number of nitrogens with zero attached hydrogens (tertiary/aromatic N) is 2. The van der Waals surface area contributed by atoms with Crippen LogP contribution >= 0.6 is 33.9 Å². The molecule has 2 nitrogen and oxygen atoms in total. The quantitative estimate of drug-likeness (QED) is 0.441. The summed E-state index contributed by atoms with van der Waals surface area (Å²) in [5.74, 6) is 0. The highest BCUT2D eigenvalue weighted by Crippen LogP contribution is 2.41. The van der Waals surface area contributed by atoms with E-state index in [1.807, 2.05) is 52.6 Å². The van der Waals surface area contributed by atoms with Crippen LogP contribution in [0.2, 0.25) is 0 Å². The summed E-state index contributed by atoms with van der Waals surface area (Å²) < 4.78 is 54.7. The van der Waals surface area contributed by atoms with E-state index in [1.54, 1.807) is 12.1 Å². The van der Waals surface area contributed by atoms with Crippen molar-refractivity contribution in [3.05, 3.63) is 26.6 Å². The highest BCUT2D eigenvalue weighted by Gasteiger charge is 2.33. The van der Waals surface area contributed by atoms with Crippen molar-refractivity contribution in [2.75, 3.05) is 32.1 Å². The van der Waals surface area contributed by atoms with E-state index < -0.39 is 18.8 Å². The third kappa shape index (κ3) is 4.05. The average Bonchev–Trinajstić information content (AvgIpc) is 2.81. The van der Waals surface area contributed by atoms with Crippen molar-refractivity contribution in [3.63, 3.8) is 0 Å². The number of hydrogen-bond acceptors (Lipinski definition) is 3. The van der Waals surface area contributed by atoms with E-state index in [9.17, 15) is 17.6 Å². The summed E-state index contributed by atoms with van der Waals surface area (Å²) in [6.07, 6.45) is -5.46. The van der Waals surface area contributed by atoms with Crippen LogP contribution in [-0.2, 0) is 6.42 Å². The summed E-state index contributed by atoms with van der Waals surface area (Å²) >= 11 is 3.33. The molecule has 3 rings (SSSR count). The first kappa shape index (κ1) is 19.2. The van der Waals surface area contributed by atoms with Crippen LogP contribution in [0, 0.1) is 2.88 Å². The van der Waals surface area contributed by atoms with Gasteiger partial charge >= 0.3 is 6.18 Å². The van der Waals surface area contributed by atoms with Crippen molar-refractivity contribution in [3.8, 4) is 0 Å². The van der Waals surface area contributed by atoms with Crippen molar-refractivity contribution >= 4 is 49.7 Å². The minimum atomic E-state index is -4.24. The van der Waals surface area contributed by atoms with E-state index in [1.165, 1.54) is 11.3 Å². The summed E-state index contributed by atoms with van der Waals surface area (Å²) in [6.45, 7) is 1.19. The maximum Gasteiger partial charge on any atom is 0.393 e. The lowest BCUT2D eigenvalue weighted by Gasteiger charge is -2.39. The molecule has 25 heavy (non-hydrogen) atoms. The molecule has 0 aliphatic carbocycles. The SMILES string of the molecule is CN1CC[C@@H](N(C)c2cccc3c(CC(F)(F)F)c(I)sc23)[C@@H](F)C1. The number of benzene rings is 1. The molecule has 1 aromatic heterocycles. The van der Waals surface area contributed by atoms with E-state index in [4.69, 9.17) is 0 Å². The summed E-state index contributed by atoms with van der Waals surface area (Å²) in [5, 5.41) is 0.624. The second kappa shape index (κ2) is 7.19. The Labute approximate surface area is 161 Å². The molecule has 0 saturated carbocycles. The van der Waals surface area contributed by atoms with Gasteiger partial charge < -0.3 is 9.80 Å². The van der Waals surface area contributed by atoms with E-state index in [0.29, 0.717) is 26.8 Å². The Morgan fingerprint density at radius 1 is 1.36 bits per heavy atom. The molecule has 0 radical (unpaired) electrons. The number of halogens is 5. The van der Waals surface area contributed by atoms with Gasteiger partial charge in [-0.1, -0.05) is 12.1 Å². The predicted octanol–water partition coefficient (Wildman–Crippen LogP) is 5.09. The topological polar surface area (TPSA) is 6.48 Å². The number of anilines is 1. The standard InChI is InChI=1S/C17H19F4IN2S/c1-23-7-6-13(12(18)9-23)24(2)14-5-3-4-10-11(8-17(19,20)21)16(22)25-15(10)14/h3-5,12-13H,6-9H2,1-2H3/t12-,13+/m0/s1. The Kier molecular flexibility index (Phi) is 5.51. The van der Waals surface area contributed by atoms with Gasteiger partial charge in [0.15, 0.2) is 0 Å². The molecule has 8 heteroatoms. The first-order valence-corrected chi connectivity index (χ1v) is 9.89. The molecule has 0 spiro atoms. The molecule has 0 N–H and O–H groups in total. The number of piperidine rings is 1. The Morgan fingerprint density at radius 3 is 2.72 bits per heavy atom. The highest BCUT2D eigenvalue weighted by atomic mass is 127. The molecule has 0 bridgehead atoms. The fourth-order valence-electron chi connectivity index (χ4n) is 3.43. The minimum Gasteiger partial charge on any atom is -0.367 e. The van der Waals surface area contributed by atoms with Gasteiger partial charge in [0.05, 0.1) is 25.7 Å². The maximum atomic E-state index is 14.5. The molecule has 1 fully saturated rings. The van der Waals surface area contributed by atoms with Gasteiger partial charge in [-0.15, -0.1) is 11.3 Å². The molecule has 1 saturated heterocycles. The molecular weight excluding hydrogens is 467 g/mol. The van der Waals surface area contributed by atoms with Gasteiger partial charge in [0.25, 0.3) is 0 Å². The average molecular weight is 486 g/mol. The molecule has 1 aliphatic heterocycles. The van der Waals surface area contributed by atoms with E-state index in [2.05, 4.69) is 0 Å². The van der Waals surface area contributed by atoms with Crippen molar-refractivity contribution in [1.29, 1.82) is 0 Å². The number of fused-ring (bicyclic) bond motifs is 1. The summed E-state index contributed by atoms with van der Waals surface area (Å²) in [6, 6.07) is 5.11. The molecule has 138 valence electrons. The fourth-order valence-corrected chi connectivity index (χ4v) is 5.67. The first-order valence-electron chi connectivity index (χ1n) is 7.99. The van der Waals surface area contributed by atoms with Crippen LogP contribution in [0.1, 0.15) is 12.0 Å². The van der Waals surface area contributed by atoms with E-state index in [-0.39, 0.29) is 6.04 Å². The zero-order valence-electron chi connectivity index (χ0n) is 13.9. The van der Waals surface area contributed by atoms with Crippen molar-refractivity contribution in [2.24, 2.45) is 0 Å². The lowest BCUT2D eigenvalue weighted by atomic mass is 10.0. The van der Waals surface area contributed by atoms with Gasteiger partial charge in [0.2, 0.25) is 0 Å². The van der Waals surface area contributed by atoms with Gasteiger partial charge in [0.1, 0.15) is 6.17 Å². The van der Waals surface area contributed by atoms with Gasteiger partial charge in [-0.25, -0.2) is 4.39 Å². The van der Waals surface area contributed by atoms with Gasteiger partial charge in [-0.3, -0.25) is 0 Å². The number of likely N-dealkylation sites (tertiary alicyclic amines) is 1. The first-order chi connectivity index (χ1) is 11.7. The van der Waals surface area contributed by atoms with Crippen LogP contribution in [0.15, 0.2) is 18.2 Å². The number of alkyl halides is 4. The molecule has 2 atom stereocenters. The second-order valence-electron chi connectivity index (χ2n) is 6.55. The lowest BCUT2D eigenvalue weighted by Crippen LogP contribution is -2.50. The Morgan fingerprint density at radius 2 is 2.08 bits per heavy atom. The fraction of sp³-hybridized carbons (Fsp3) is 0.529. The molecule has 1 aromatic carbocycles. The highest BCUT2D eigenvalue weighted by molar-refractivity contribution is 14.1. The summed E-state index contributed by atoms with van der Waals surface area (Å²) in [7, 11) is 3.74. The third-order valence-electron chi connectivity index (χ3n) is 4.71. The van der Waals surface area contributed by atoms with Crippen LogP contribution in [-0.4, -0.2) is 50.5 Å². The van der Waals surface area contributed by atoms with E-state index >= 15 is 0 Å². The van der Waals surface area contributed by atoms with Crippen LogP contribution in [0.25, 0.3) is 10.1 Å². The molecule has 2 aromatic rings. The maximum absolute atomic E-state index is 14.5. The molecule has 1 aliphatic rings. The van der Waals surface area contributed by atoms with Crippen molar-refractivity contribution < 1.29 is 17.6 Å². The smallest absolute Gasteiger partial charge is 0.367 e. The van der Waals surface area contributed by atoms with E-state index in [0.717, 1.165) is 16.9 Å². The largest absolute Gasteiger partial charge is 0.393 e. The van der Waals surface area contributed by atoms with Crippen LogP contribution in [0.3, 0.4) is 0 Å². The zero-order chi connectivity index (χ0) is 18.4. The molecular formula is C17H19F4IN2S. The normalized spacial score (nSPS) is 22.5.